The fourth-order valence-electron chi connectivity index (χ4n) is 2.96. The summed E-state index contributed by atoms with van der Waals surface area (Å²) in [5.74, 6) is 0.719. The van der Waals surface area contributed by atoms with E-state index in [9.17, 15) is 8.42 Å². The van der Waals surface area contributed by atoms with Crippen molar-refractivity contribution in [3.05, 3.63) is 0 Å². The zero-order valence-electron chi connectivity index (χ0n) is 13.0. The number of morpholine rings is 1. The molecule has 0 amide bonds. The second-order valence-electron chi connectivity index (χ2n) is 5.77. The molecule has 2 rings (SSSR count). The summed E-state index contributed by atoms with van der Waals surface area (Å²) in [5.41, 5.74) is 0. The first-order valence-corrected chi connectivity index (χ1v) is 9.58. The van der Waals surface area contributed by atoms with Crippen molar-refractivity contribution in [2.45, 2.75) is 19.8 Å². The lowest BCUT2D eigenvalue weighted by Gasteiger charge is -2.35. The van der Waals surface area contributed by atoms with E-state index in [-0.39, 0.29) is 5.75 Å². The second kappa shape index (κ2) is 8.43. The number of hydrogen-bond donors (Lipinski definition) is 0. The van der Waals surface area contributed by atoms with Crippen LogP contribution in [0.1, 0.15) is 19.8 Å². The molecule has 2 saturated heterocycles. The summed E-state index contributed by atoms with van der Waals surface area (Å²) in [6, 6.07) is 0. The second-order valence-corrected chi connectivity index (χ2v) is 7.86. The Balaban J connectivity index is 1.71. The summed E-state index contributed by atoms with van der Waals surface area (Å²) >= 11 is 0. The lowest BCUT2D eigenvalue weighted by molar-refractivity contribution is 0.0268. The average molecular weight is 320 g/mol. The molecule has 124 valence electrons. The molecule has 0 aromatic heterocycles. The highest BCUT2D eigenvalue weighted by Crippen LogP contribution is 2.21. The Hall–Kier alpha value is -0.210. The van der Waals surface area contributed by atoms with E-state index in [4.69, 9.17) is 9.47 Å². The summed E-state index contributed by atoms with van der Waals surface area (Å²) in [5, 5.41) is 0. The van der Waals surface area contributed by atoms with Gasteiger partial charge in [-0.3, -0.25) is 4.90 Å². The summed E-state index contributed by atoms with van der Waals surface area (Å²) in [6.45, 7) is 8.80. The molecular weight excluding hydrogens is 292 g/mol. The molecule has 0 atom stereocenters. The number of hydrogen-bond acceptors (Lipinski definition) is 5. The Morgan fingerprint density at radius 3 is 2.43 bits per heavy atom. The van der Waals surface area contributed by atoms with E-state index >= 15 is 0 Å². The Kier molecular flexibility index (Phi) is 6.88. The maximum atomic E-state index is 12.2. The number of rotatable bonds is 7. The zero-order valence-corrected chi connectivity index (χ0v) is 13.8. The summed E-state index contributed by atoms with van der Waals surface area (Å²) in [6.07, 6.45) is 1.93. The van der Waals surface area contributed by atoms with Gasteiger partial charge in [0.05, 0.1) is 25.6 Å². The summed E-state index contributed by atoms with van der Waals surface area (Å²) in [4.78, 5) is 2.44. The van der Waals surface area contributed by atoms with Crippen molar-refractivity contribution in [1.82, 2.24) is 9.21 Å². The summed E-state index contributed by atoms with van der Waals surface area (Å²) in [7, 11) is -3.14. The molecule has 0 unspecified atom stereocenters. The minimum absolute atomic E-state index is 0.106. The lowest BCUT2D eigenvalue weighted by Crippen LogP contribution is -2.45. The zero-order chi connectivity index (χ0) is 15.1. The van der Waals surface area contributed by atoms with Crippen LogP contribution in [0.2, 0.25) is 0 Å². The van der Waals surface area contributed by atoms with Crippen LogP contribution < -0.4 is 0 Å². The van der Waals surface area contributed by atoms with Crippen LogP contribution in [0.4, 0.5) is 0 Å². The van der Waals surface area contributed by atoms with Gasteiger partial charge in [0, 0.05) is 39.3 Å². The van der Waals surface area contributed by atoms with Gasteiger partial charge in [-0.1, -0.05) is 0 Å². The fourth-order valence-corrected chi connectivity index (χ4v) is 4.31. The Morgan fingerprint density at radius 2 is 1.81 bits per heavy atom. The first-order valence-electron chi connectivity index (χ1n) is 7.97. The highest BCUT2D eigenvalue weighted by molar-refractivity contribution is 7.89. The molecule has 0 bridgehead atoms. The van der Waals surface area contributed by atoms with E-state index in [1.807, 2.05) is 6.92 Å². The average Bonchev–Trinajstić information content (AvgIpc) is 2.49. The van der Waals surface area contributed by atoms with Crippen LogP contribution >= 0.6 is 0 Å². The van der Waals surface area contributed by atoms with Crippen LogP contribution in [0.25, 0.3) is 0 Å². The minimum atomic E-state index is -3.14. The highest BCUT2D eigenvalue weighted by atomic mass is 32.2. The molecule has 0 radical (unpaired) electrons. The SMILES string of the molecule is CCOCCS(=O)(=O)N1CCC(CN2CCOCC2)CC1. The van der Waals surface area contributed by atoms with Crippen LogP contribution in [0.3, 0.4) is 0 Å². The van der Waals surface area contributed by atoms with Crippen LogP contribution in [-0.4, -0.2) is 82.5 Å². The molecule has 21 heavy (non-hydrogen) atoms. The molecule has 2 aliphatic rings. The van der Waals surface area contributed by atoms with Crippen molar-refractivity contribution in [1.29, 1.82) is 0 Å². The van der Waals surface area contributed by atoms with Crippen LogP contribution in [0, 0.1) is 5.92 Å². The highest BCUT2D eigenvalue weighted by Gasteiger charge is 2.28. The molecule has 6 nitrogen and oxygen atoms in total. The van der Waals surface area contributed by atoms with E-state index in [1.165, 1.54) is 0 Å². The van der Waals surface area contributed by atoms with Gasteiger partial charge in [0.2, 0.25) is 10.0 Å². The van der Waals surface area contributed by atoms with E-state index in [1.54, 1.807) is 4.31 Å². The number of piperidine rings is 1. The molecule has 2 fully saturated rings. The van der Waals surface area contributed by atoms with Gasteiger partial charge < -0.3 is 9.47 Å². The minimum Gasteiger partial charge on any atom is -0.381 e. The molecule has 2 aliphatic heterocycles. The third kappa shape index (κ3) is 5.49. The van der Waals surface area contributed by atoms with Gasteiger partial charge in [0.15, 0.2) is 0 Å². The van der Waals surface area contributed by atoms with Gasteiger partial charge in [-0.05, 0) is 25.7 Å². The van der Waals surface area contributed by atoms with Crippen molar-refractivity contribution in [3.8, 4) is 0 Å². The van der Waals surface area contributed by atoms with Crippen molar-refractivity contribution >= 4 is 10.0 Å². The molecule has 0 N–H and O–H groups in total. The monoisotopic (exact) mass is 320 g/mol. The van der Waals surface area contributed by atoms with Gasteiger partial charge >= 0.3 is 0 Å². The molecule has 0 aliphatic carbocycles. The number of sulfonamides is 1. The normalized spacial score (nSPS) is 23.5. The summed E-state index contributed by atoms with van der Waals surface area (Å²) < 4.78 is 36.5. The number of nitrogens with zero attached hydrogens (tertiary/aromatic N) is 2. The molecule has 7 heteroatoms. The first kappa shape index (κ1) is 17.1. The third-order valence-electron chi connectivity index (χ3n) is 4.28. The molecule has 0 saturated carbocycles. The van der Waals surface area contributed by atoms with E-state index in [0.29, 0.717) is 32.2 Å². The molecule has 2 heterocycles. The van der Waals surface area contributed by atoms with Crippen molar-refractivity contribution in [3.63, 3.8) is 0 Å². The van der Waals surface area contributed by atoms with Crippen LogP contribution in [-0.2, 0) is 19.5 Å². The maximum Gasteiger partial charge on any atom is 0.216 e. The quantitative estimate of drug-likeness (QED) is 0.636. The third-order valence-corrected chi connectivity index (χ3v) is 6.11. The number of ether oxygens (including phenoxy) is 2. The van der Waals surface area contributed by atoms with E-state index < -0.39 is 10.0 Å². The predicted molar refractivity (Wildman–Crippen MR) is 81.8 cm³/mol. The smallest absolute Gasteiger partial charge is 0.216 e. The molecule has 0 aromatic rings. The standard InChI is InChI=1S/C14H28N2O4S/c1-2-19-11-12-21(17,18)16-5-3-14(4-6-16)13-15-7-9-20-10-8-15/h14H,2-13H2,1H3. The molecular formula is C14H28N2O4S. The maximum absolute atomic E-state index is 12.2. The topological polar surface area (TPSA) is 59.1 Å². The predicted octanol–water partition coefficient (Wildman–Crippen LogP) is 0.397. The Bertz CT molecular complexity index is 388. The van der Waals surface area contributed by atoms with Gasteiger partial charge in [-0.25, -0.2) is 12.7 Å². The van der Waals surface area contributed by atoms with Crippen molar-refractivity contribution in [2.24, 2.45) is 5.92 Å². The largest absolute Gasteiger partial charge is 0.381 e. The van der Waals surface area contributed by atoms with Crippen molar-refractivity contribution < 1.29 is 17.9 Å². The molecule has 0 aromatic carbocycles. The van der Waals surface area contributed by atoms with E-state index in [2.05, 4.69) is 4.90 Å². The molecule has 0 spiro atoms. The van der Waals surface area contributed by atoms with Crippen molar-refractivity contribution in [2.75, 3.05) is 64.9 Å². The first-order chi connectivity index (χ1) is 10.1. The van der Waals surface area contributed by atoms with Gasteiger partial charge in [-0.2, -0.15) is 0 Å². The van der Waals surface area contributed by atoms with E-state index in [0.717, 1.165) is 45.7 Å². The van der Waals surface area contributed by atoms with Gasteiger partial charge in [0.1, 0.15) is 0 Å². The van der Waals surface area contributed by atoms with Crippen LogP contribution in [0.15, 0.2) is 0 Å². The Labute approximate surface area is 128 Å². The van der Waals surface area contributed by atoms with Gasteiger partial charge in [0.25, 0.3) is 0 Å². The van der Waals surface area contributed by atoms with Gasteiger partial charge in [-0.15, -0.1) is 0 Å². The fraction of sp³-hybridized carbons (Fsp3) is 1.00. The Morgan fingerprint density at radius 1 is 1.14 bits per heavy atom. The lowest BCUT2D eigenvalue weighted by atomic mass is 9.97. The van der Waals surface area contributed by atoms with Crippen LogP contribution in [0.5, 0.6) is 0 Å².